The van der Waals surface area contributed by atoms with Crippen molar-refractivity contribution in [3.05, 3.63) is 53.9 Å². The number of aromatic amines is 1. The Hall–Kier alpha value is -1.76. The molecule has 0 aliphatic rings. The fraction of sp³-hybridized carbons (Fsp3) is 0.333. The summed E-state index contributed by atoms with van der Waals surface area (Å²) in [7, 11) is 0. The second-order valence-electron chi connectivity index (χ2n) is 3.29. The molecule has 0 amide bonds. The predicted molar refractivity (Wildman–Crippen MR) is 92.3 cm³/mol. The Morgan fingerprint density at radius 2 is 1.53 bits per heavy atom. The highest BCUT2D eigenvalue weighted by atomic mass is 14.7. The summed E-state index contributed by atoms with van der Waals surface area (Å²) in [5.74, 6) is 0. The molecular weight excluding hydrogens is 230 g/mol. The van der Waals surface area contributed by atoms with Crippen LogP contribution in [0.5, 0.6) is 0 Å². The summed E-state index contributed by atoms with van der Waals surface area (Å²) < 4.78 is 0. The molecule has 0 aromatic carbocycles. The molecule has 1 nitrogen and oxygen atoms in total. The molecule has 1 heterocycles. The predicted octanol–water partition coefficient (Wildman–Crippen LogP) is 6.25. The third kappa shape index (κ3) is 6.10. The van der Waals surface area contributed by atoms with E-state index in [4.69, 9.17) is 0 Å². The number of rotatable bonds is 4. The molecule has 1 heteroatoms. The minimum Gasteiger partial charge on any atom is -0.355 e. The molecule has 1 rings (SSSR count). The van der Waals surface area contributed by atoms with Gasteiger partial charge in [0.15, 0.2) is 0 Å². The molecule has 1 aromatic heterocycles. The van der Waals surface area contributed by atoms with E-state index in [0.717, 1.165) is 11.4 Å². The molecule has 0 saturated heterocycles. The molecule has 1 N–H and O–H groups in total. The van der Waals surface area contributed by atoms with Crippen molar-refractivity contribution < 1.29 is 0 Å². The number of hydrogen-bond acceptors (Lipinski definition) is 0. The van der Waals surface area contributed by atoms with Crippen LogP contribution in [-0.4, -0.2) is 4.98 Å². The molecule has 1 aromatic rings. The van der Waals surface area contributed by atoms with Crippen LogP contribution in [0.25, 0.3) is 18.2 Å². The van der Waals surface area contributed by atoms with Gasteiger partial charge in [-0.1, -0.05) is 65.2 Å². The molecule has 106 valence electrons. The first-order valence-electron chi connectivity index (χ1n) is 7.01. The molecular formula is C18H29N. The summed E-state index contributed by atoms with van der Waals surface area (Å²) in [6.45, 7) is 19.6. The van der Waals surface area contributed by atoms with Gasteiger partial charge < -0.3 is 4.98 Å². The highest BCUT2D eigenvalue weighted by Gasteiger charge is 2.06. The Labute approximate surface area is 119 Å². The number of allylic oxidation sites excluding steroid dienone is 3. The van der Waals surface area contributed by atoms with Crippen molar-refractivity contribution in [1.82, 2.24) is 4.98 Å². The van der Waals surface area contributed by atoms with E-state index in [2.05, 4.69) is 31.1 Å². The third-order valence-corrected chi connectivity index (χ3v) is 2.30. The first-order valence-corrected chi connectivity index (χ1v) is 7.01. The van der Waals surface area contributed by atoms with E-state index < -0.39 is 0 Å². The lowest BCUT2D eigenvalue weighted by atomic mass is 10.1. The van der Waals surface area contributed by atoms with E-state index in [9.17, 15) is 0 Å². The molecule has 0 aliphatic heterocycles. The Morgan fingerprint density at radius 1 is 0.947 bits per heavy atom. The van der Waals surface area contributed by atoms with Crippen LogP contribution in [0.3, 0.4) is 0 Å². The minimum atomic E-state index is 1.06. The van der Waals surface area contributed by atoms with Crippen molar-refractivity contribution in [1.29, 1.82) is 0 Å². The Balaban J connectivity index is 0. The first-order chi connectivity index (χ1) is 9.24. The van der Waals surface area contributed by atoms with Gasteiger partial charge in [0.25, 0.3) is 0 Å². The molecule has 0 unspecified atom stereocenters. The average molecular weight is 259 g/mol. The van der Waals surface area contributed by atoms with Crippen LogP contribution >= 0.6 is 0 Å². The fourth-order valence-corrected chi connectivity index (χ4v) is 1.53. The lowest BCUT2D eigenvalue weighted by molar-refractivity contribution is 1.32. The molecule has 0 radical (unpaired) electrons. The summed E-state index contributed by atoms with van der Waals surface area (Å²) in [6.07, 6.45) is 11.7. The number of nitrogens with one attached hydrogen (secondary N) is 1. The molecule has 0 spiro atoms. The van der Waals surface area contributed by atoms with Crippen molar-refractivity contribution in [3.63, 3.8) is 0 Å². The standard InChI is InChI=1S/C14H17N.2C2H6/c1-5-8-10-14-11(4)12(9-6-2)13(7-3)15-14;2*1-2/h5-10,15H,1,3H2,2,4H3;2*1-2H3/b9-6-,10-8-;;. The smallest absolute Gasteiger partial charge is 0.0455 e. The molecule has 19 heavy (non-hydrogen) atoms. The normalized spacial score (nSPS) is 9.58. The van der Waals surface area contributed by atoms with Gasteiger partial charge in [-0.3, -0.25) is 0 Å². The van der Waals surface area contributed by atoms with Crippen molar-refractivity contribution >= 4 is 18.2 Å². The van der Waals surface area contributed by atoms with Crippen LogP contribution in [0, 0.1) is 6.92 Å². The maximum Gasteiger partial charge on any atom is 0.0455 e. The average Bonchev–Trinajstić information content (AvgIpc) is 2.78. The van der Waals surface area contributed by atoms with Crippen molar-refractivity contribution in [2.24, 2.45) is 0 Å². The molecule has 0 saturated carbocycles. The summed E-state index contributed by atoms with van der Waals surface area (Å²) in [6, 6.07) is 0. The second-order valence-corrected chi connectivity index (χ2v) is 3.29. The third-order valence-electron chi connectivity index (χ3n) is 2.30. The van der Waals surface area contributed by atoms with Crippen LogP contribution in [0.2, 0.25) is 0 Å². The fourth-order valence-electron chi connectivity index (χ4n) is 1.53. The van der Waals surface area contributed by atoms with Gasteiger partial charge in [-0.2, -0.15) is 0 Å². The van der Waals surface area contributed by atoms with E-state index in [1.807, 2.05) is 58.9 Å². The highest BCUT2D eigenvalue weighted by Crippen LogP contribution is 2.21. The summed E-state index contributed by atoms with van der Waals surface area (Å²) >= 11 is 0. The quantitative estimate of drug-likeness (QED) is 0.615. The Morgan fingerprint density at radius 3 is 1.95 bits per heavy atom. The summed E-state index contributed by atoms with van der Waals surface area (Å²) in [5.41, 5.74) is 4.62. The van der Waals surface area contributed by atoms with Crippen LogP contribution in [0.4, 0.5) is 0 Å². The van der Waals surface area contributed by atoms with Crippen LogP contribution < -0.4 is 0 Å². The van der Waals surface area contributed by atoms with E-state index in [-0.39, 0.29) is 0 Å². The lowest BCUT2D eigenvalue weighted by Gasteiger charge is -1.93. The van der Waals surface area contributed by atoms with Gasteiger partial charge in [-0.05, 0) is 31.6 Å². The zero-order valence-corrected chi connectivity index (χ0v) is 13.4. The van der Waals surface area contributed by atoms with Gasteiger partial charge in [0.1, 0.15) is 0 Å². The van der Waals surface area contributed by atoms with Gasteiger partial charge in [-0.15, -0.1) is 0 Å². The first kappa shape index (κ1) is 19.6. The van der Waals surface area contributed by atoms with Crippen molar-refractivity contribution in [2.75, 3.05) is 0 Å². The zero-order chi connectivity index (χ0) is 15.3. The number of hydrogen-bond donors (Lipinski definition) is 1. The second kappa shape index (κ2) is 12.7. The molecule has 0 fully saturated rings. The summed E-state index contributed by atoms with van der Waals surface area (Å²) in [4.78, 5) is 3.32. The maximum absolute atomic E-state index is 3.80. The van der Waals surface area contributed by atoms with E-state index >= 15 is 0 Å². The molecule has 0 aliphatic carbocycles. The largest absolute Gasteiger partial charge is 0.355 e. The Kier molecular flexibility index (Phi) is 13.1. The molecule has 0 bridgehead atoms. The molecule has 0 atom stereocenters. The van der Waals surface area contributed by atoms with Crippen molar-refractivity contribution in [3.8, 4) is 0 Å². The van der Waals surface area contributed by atoms with Gasteiger partial charge in [0.05, 0.1) is 0 Å². The van der Waals surface area contributed by atoms with E-state index in [0.29, 0.717) is 0 Å². The zero-order valence-electron chi connectivity index (χ0n) is 13.4. The maximum atomic E-state index is 3.80. The summed E-state index contributed by atoms with van der Waals surface area (Å²) in [5, 5.41) is 0. The van der Waals surface area contributed by atoms with Gasteiger partial charge in [0.2, 0.25) is 0 Å². The van der Waals surface area contributed by atoms with E-state index in [1.165, 1.54) is 11.1 Å². The van der Waals surface area contributed by atoms with Gasteiger partial charge >= 0.3 is 0 Å². The minimum absolute atomic E-state index is 1.06. The van der Waals surface area contributed by atoms with Crippen LogP contribution in [0.15, 0.2) is 31.4 Å². The van der Waals surface area contributed by atoms with Crippen LogP contribution in [0.1, 0.15) is 57.1 Å². The van der Waals surface area contributed by atoms with Crippen LogP contribution in [-0.2, 0) is 0 Å². The lowest BCUT2D eigenvalue weighted by Crippen LogP contribution is -1.76. The highest BCUT2D eigenvalue weighted by molar-refractivity contribution is 5.70. The number of aromatic nitrogens is 1. The van der Waals surface area contributed by atoms with Crippen molar-refractivity contribution in [2.45, 2.75) is 41.5 Å². The SMILES string of the molecule is C=C/C=C\c1[nH]c(C=C)c(/C=C\C)c1C.CC.CC. The monoisotopic (exact) mass is 259 g/mol. The van der Waals surface area contributed by atoms with Gasteiger partial charge in [-0.25, -0.2) is 0 Å². The Bertz CT molecular complexity index is 417. The number of H-pyrrole nitrogens is 1. The van der Waals surface area contributed by atoms with E-state index in [1.54, 1.807) is 6.08 Å². The topological polar surface area (TPSA) is 15.8 Å². The van der Waals surface area contributed by atoms with Gasteiger partial charge in [0, 0.05) is 17.0 Å².